The molecule has 0 radical (unpaired) electrons. The molecule has 1 aromatic rings. The lowest BCUT2D eigenvalue weighted by atomic mass is 10.2. The van der Waals surface area contributed by atoms with Gasteiger partial charge in [-0.15, -0.1) is 0 Å². The van der Waals surface area contributed by atoms with Gasteiger partial charge in [0.1, 0.15) is 5.82 Å². The number of pyridine rings is 1. The Balaban J connectivity index is 2.73. The van der Waals surface area contributed by atoms with Gasteiger partial charge in [0.2, 0.25) is 0 Å². The summed E-state index contributed by atoms with van der Waals surface area (Å²) in [6.07, 6.45) is 6.73. The Bertz CT molecular complexity index is 310. The zero-order valence-corrected chi connectivity index (χ0v) is 8.79. The molecule has 1 aromatic heterocycles. The van der Waals surface area contributed by atoms with Crippen molar-refractivity contribution in [3.63, 3.8) is 0 Å². The predicted molar refractivity (Wildman–Crippen MR) is 60.5 cm³/mol. The van der Waals surface area contributed by atoms with Crippen molar-refractivity contribution < 1.29 is 0 Å². The van der Waals surface area contributed by atoms with E-state index in [2.05, 4.69) is 27.0 Å². The van der Waals surface area contributed by atoms with Crippen LogP contribution >= 0.6 is 15.9 Å². The second-order valence-corrected chi connectivity index (χ2v) is 3.42. The van der Waals surface area contributed by atoms with Gasteiger partial charge in [0.15, 0.2) is 0 Å². The molecule has 0 spiro atoms. The summed E-state index contributed by atoms with van der Waals surface area (Å²) in [6, 6.07) is 1.81. The minimum absolute atomic E-state index is 0.387. The van der Waals surface area contributed by atoms with Gasteiger partial charge in [-0.3, -0.25) is 0 Å². The van der Waals surface area contributed by atoms with Crippen LogP contribution in [0.4, 0.5) is 11.5 Å². The van der Waals surface area contributed by atoms with Crippen LogP contribution in [0.5, 0.6) is 0 Å². The predicted octanol–water partition coefficient (Wildman–Crippen LogP) is 2.04. The molecule has 4 N–H and O–H groups in total. The molecule has 13 heavy (non-hydrogen) atoms. The van der Waals surface area contributed by atoms with Crippen molar-refractivity contribution in [3.05, 3.63) is 23.9 Å². The summed E-state index contributed by atoms with van der Waals surface area (Å²) in [5.41, 5.74) is 12.6. The molecule has 0 saturated heterocycles. The average Bonchev–Trinajstić information content (AvgIpc) is 2.12. The number of aromatic nitrogens is 1. The van der Waals surface area contributed by atoms with Crippen LogP contribution in [0.25, 0.3) is 6.08 Å². The van der Waals surface area contributed by atoms with Gasteiger partial charge >= 0.3 is 0 Å². The lowest BCUT2D eigenvalue weighted by molar-refractivity contribution is 1.27. The highest BCUT2D eigenvalue weighted by Gasteiger charge is 1.94. The molecule has 1 heterocycles. The Morgan fingerprint density at radius 1 is 1.46 bits per heavy atom. The highest BCUT2D eigenvalue weighted by Crippen LogP contribution is 2.13. The zero-order chi connectivity index (χ0) is 9.68. The number of hydrogen-bond acceptors (Lipinski definition) is 3. The van der Waals surface area contributed by atoms with Gasteiger partial charge in [-0.05, 0) is 18.1 Å². The highest BCUT2D eigenvalue weighted by molar-refractivity contribution is 9.09. The van der Waals surface area contributed by atoms with Gasteiger partial charge < -0.3 is 11.5 Å². The van der Waals surface area contributed by atoms with Crippen molar-refractivity contribution in [1.82, 2.24) is 4.98 Å². The van der Waals surface area contributed by atoms with E-state index in [1.165, 1.54) is 0 Å². The van der Waals surface area contributed by atoms with Gasteiger partial charge in [0, 0.05) is 11.5 Å². The molecule has 0 saturated carbocycles. The summed E-state index contributed by atoms with van der Waals surface area (Å²) in [5, 5.41) is 0.960. The fourth-order valence-corrected chi connectivity index (χ4v) is 1.15. The number of nitrogen functional groups attached to an aromatic ring is 2. The van der Waals surface area contributed by atoms with Gasteiger partial charge in [-0.25, -0.2) is 4.98 Å². The zero-order valence-electron chi connectivity index (χ0n) is 7.20. The molecule has 0 amide bonds. The Labute approximate surface area is 86.0 Å². The third-order valence-corrected chi connectivity index (χ3v) is 2.01. The summed E-state index contributed by atoms with van der Waals surface area (Å²) in [7, 11) is 0. The Kier molecular flexibility index (Phi) is 3.76. The van der Waals surface area contributed by atoms with E-state index in [9.17, 15) is 0 Å². The monoisotopic (exact) mass is 241 g/mol. The number of halogens is 1. The Morgan fingerprint density at radius 3 is 2.85 bits per heavy atom. The minimum Gasteiger partial charge on any atom is -0.396 e. The van der Waals surface area contributed by atoms with E-state index in [-0.39, 0.29) is 0 Å². The maximum absolute atomic E-state index is 5.59. The van der Waals surface area contributed by atoms with E-state index < -0.39 is 0 Å². The maximum atomic E-state index is 5.59. The van der Waals surface area contributed by atoms with Crippen LogP contribution in [0.15, 0.2) is 18.3 Å². The molecule has 0 atom stereocenters. The van der Waals surface area contributed by atoms with Crippen molar-refractivity contribution in [3.8, 4) is 0 Å². The normalized spacial score (nSPS) is 10.8. The molecule has 3 nitrogen and oxygen atoms in total. The van der Waals surface area contributed by atoms with E-state index in [0.717, 1.165) is 17.3 Å². The first-order chi connectivity index (χ1) is 6.24. The number of rotatable bonds is 3. The first kappa shape index (κ1) is 10.1. The lowest BCUT2D eigenvalue weighted by Gasteiger charge is -1.99. The number of nitrogens with two attached hydrogens (primary N) is 2. The maximum Gasteiger partial charge on any atom is 0.146 e. The van der Waals surface area contributed by atoms with Gasteiger partial charge in [-0.1, -0.05) is 28.1 Å². The second-order valence-electron chi connectivity index (χ2n) is 2.62. The quantitative estimate of drug-likeness (QED) is 0.797. The van der Waals surface area contributed by atoms with E-state index in [1.54, 1.807) is 6.20 Å². The molecule has 0 aromatic carbocycles. The highest BCUT2D eigenvalue weighted by atomic mass is 79.9. The summed E-state index contributed by atoms with van der Waals surface area (Å²) < 4.78 is 0. The van der Waals surface area contributed by atoms with Crippen LogP contribution in [-0.2, 0) is 0 Å². The lowest BCUT2D eigenvalue weighted by Crippen LogP contribution is -1.97. The molecule has 0 aliphatic carbocycles. The summed E-state index contributed by atoms with van der Waals surface area (Å²) in [5.74, 6) is 0.387. The smallest absolute Gasteiger partial charge is 0.146 e. The number of allylic oxidation sites excluding steroid dienone is 1. The van der Waals surface area contributed by atoms with Crippen LogP contribution in [0.3, 0.4) is 0 Å². The third kappa shape index (κ3) is 3.06. The van der Waals surface area contributed by atoms with E-state index in [4.69, 9.17) is 11.5 Å². The van der Waals surface area contributed by atoms with Crippen LogP contribution in [0.1, 0.15) is 12.0 Å². The molecule has 1 rings (SSSR count). The van der Waals surface area contributed by atoms with Crippen molar-refractivity contribution >= 4 is 33.5 Å². The average molecular weight is 242 g/mol. The Hall–Kier alpha value is -1.03. The molecule has 4 heteroatoms. The van der Waals surface area contributed by atoms with Gasteiger partial charge in [0.25, 0.3) is 0 Å². The molecule has 70 valence electrons. The molecule has 0 bridgehead atoms. The summed E-state index contributed by atoms with van der Waals surface area (Å²) >= 11 is 3.34. The molecular formula is C9H12BrN3. The van der Waals surface area contributed by atoms with E-state index in [0.29, 0.717) is 11.5 Å². The number of nitrogens with zero attached hydrogens (tertiary/aromatic N) is 1. The molecule has 0 aliphatic rings. The van der Waals surface area contributed by atoms with Crippen LogP contribution in [0.2, 0.25) is 0 Å². The first-order valence-corrected chi connectivity index (χ1v) is 5.09. The van der Waals surface area contributed by atoms with Crippen molar-refractivity contribution in [2.24, 2.45) is 0 Å². The van der Waals surface area contributed by atoms with Gasteiger partial charge in [-0.2, -0.15) is 0 Å². The topological polar surface area (TPSA) is 64.9 Å². The van der Waals surface area contributed by atoms with Crippen LogP contribution in [0, 0.1) is 0 Å². The SMILES string of the molecule is Nc1cc(C=CCCBr)cnc1N. The fourth-order valence-electron chi connectivity index (χ4n) is 0.883. The van der Waals surface area contributed by atoms with E-state index >= 15 is 0 Å². The van der Waals surface area contributed by atoms with Crippen LogP contribution < -0.4 is 11.5 Å². The van der Waals surface area contributed by atoms with Crippen molar-refractivity contribution in [2.45, 2.75) is 6.42 Å². The fraction of sp³-hybridized carbons (Fsp3) is 0.222. The number of alkyl halides is 1. The van der Waals surface area contributed by atoms with Crippen LogP contribution in [-0.4, -0.2) is 10.3 Å². The Morgan fingerprint density at radius 2 is 2.23 bits per heavy atom. The van der Waals surface area contributed by atoms with Crippen molar-refractivity contribution in [2.75, 3.05) is 16.8 Å². The summed E-state index contributed by atoms with van der Waals surface area (Å²) in [4.78, 5) is 3.95. The number of hydrogen-bond donors (Lipinski definition) is 2. The minimum atomic E-state index is 0.387. The largest absolute Gasteiger partial charge is 0.396 e. The van der Waals surface area contributed by atoms with Gasteiger partial charge in [0.05, 0.1) is 5.69 Å². The molecular weight excluding hydrogens is 230 g/mol. The molecule has 0 unspecified atom stereocenters. The standard InChI is InChI=1S/C9H12BrN3/c10-4-2-1-3-7-5-8(11)9(12)13-6-7/h1,3,5-6H,2,4,11H2,(H2,12,13). The molecule has 0 fully saturated rings. The molecule has 0 aliphatic heterocycles. The summed E-state index contributed by atoms with van der Waals surface area (Å²) in [6.45, 7) is 0. The number of anilines is 2. The van der Waals surface area contributed by atoms with Crippen molar-refractivity contribution in [1.29, 1.82) is 0 Å². The van der Waals surface area contributed by atoms with E-state index in [1.807, 2.05) is 12.1 Å². The third-order valence-electron chi connectivity index (χ3n) is 1.56. The second kappa shape index (κ2) is 4.87. The first-order valence-electron chi connectivity index (χ1n) is 3.97.